The molecule has 0 bridgehead atoms. The third-order valence-corrected chi connectivity index (χ3v) is 3.21. The Balaban J connectivity index is 3.90. The lowest BCUT2D eigenvalue weighted by Crippen LogP contribution is -2.46. The van der Waals surface area contributed by atoms with Crippen molar-refractivity contribution in [2.45, 2.75) is 19.9 Å². The quantitative estimate of drug-likeness (QED) is 0.456. The van der Waals surface area contributed by atoms with Gasteiger partial charge in [-0.05, 0) is 6.92 Å². The summed E-state index contributed by atoms with van der Waals surface area (Å²) < 4.78 is 24.6. The van der Waals surface area contributed by atoms with Gasteiger partial charge in [0.25, 0.3) is 0 Å². The normalized spacial score (nSPS) is 12.8. The lowest BCUT2D eigenvalue weighted by atomic mass is 10.3. The van der Waals surface area contributed by atoms with Gasteiger partial charge in [-0.1, -0.05) is 6.92 Å². The van der Waals surface area contributed by atoms with Crippen molar-refractivity contribution in [2.24, 2.45) is 0 Å². The van der Waals surface area contributed by atoms with Gasteiger partial charge >= 0.3 is 12.0 Å². The molecule has 0 rings (SSSR count). The molecule has 9 heteroatoms. The van der Waals surface area contributed by atoms with Crippen molar-refractivity contribution < 1.29 is 23.1 Å². The number of aliphatic carboxylic acids is 1. The zero-order chi connectivity index (χ0) is 13.5. The average molecular weight is 267 g/mol. The second kappa shape index (κ2) is 7.07. The summed E-state index contributed by atoms with van der Waals surface area (Å²) in [6.07, 6.45) is 0. The monoisotopic (exact) mass is 267 g/mol. The molecule has 4 N–H and O–H groups in total. The van der Waals surface area contributed by atoms with Gasteiger partial charge in [0, 0.05) is 13.1 Å². The van der Waals surface area contributed by atoms with Crippen LogP contribution in [0, 0.1) is 0 Å². The van der Waals surface area contributed by atoms with E-state index in [9.17, 15) is 18.0 Å². The molecule has 2 amide bonds. The van der Waals surface area contributed by atoms with E-state index >= 15 is 0 Å². The first-order valence-corrected chi connectivity index (χ1v) is 6.68. The molecule has 0 aromatic carbocycles. The van der Waals surface area contributed by atoms with E-state index in [0.717, 1.165) is 0 Å². The molecular formula is C8H17N3O5S. The Labute approximate surface area is 99.8 Å². The number of carbonyl (C=O) groups excluding carboxylic acids is 1. The number of amides is 2. The van der Waals surface area contributed by atoms with Crippen LogP contribution in [0.3, 0.4) is 0 Å². The van der Waals surface area contributed by atoms with E-state index < -0.39 is 28.1 Å². The maximum Gasteiger partial charge on any atom is 0.325 e. The zero-order valence-corrected chi connectivity index (χ0v) is 10.5. The van der Waals surface area contributed by atoms with Gasteiger partial charge in [0.1, 0.15) is 6.04 Å². The molecule has 0 aromatic heterocycles. The molecule has 17 heavy (non-hydrogen) atoms. The molecule has 0 heterocycles. The summed E-state index contributed by atoms with van der Waals surface area (Å²) in [5.41, 5.74) is 0. The minimum Gasteiger partial charge on any atom is -0.480 e. The van der Waals surface area contributed by atoms with Crippen LogP contribution < -0.4 is 15.4 Å². The highest BCUT2D eigenvalue weighted by Crippen LogP contribution is 1.83. The molecular weight excluding hydrogens is 250 g/mol. The Morgan fingerprint density at radius 2 is 1.94 bits per heavy atom. The first-order chi connectivity index (χ1) is 7.78. The van der Waals surface area contributed by atoms with Gasteiger partial charge in [0.2, 0.25) is 10.0 Å². The molecule has 100 valence electrons. The Kier molecular flexibility index (Phi) is 6.51. The van der Waals surface area contributed by atoms with Crippen molar-refractivity contribution in [1.82, 2.24) is 15.4 Å². The highest BCUT2D eigenvalue weighted by atomic mass is 32.2. The third-order valence-electron chi connectivity index (χ3n) is 1.74. The van der Waals surface area contributed by atoms with Crippen molar-refractivity contribution in [3.63, 3.8) is 0 Å². The molecule has 0 aliphatic carbocycles. The summed E-state index contributed by atoms with van der Waals surface area (Å²) in [5, 5.41) is 12.9. The van der Waals surface area contributed by atoms with Crippen LogP contribution in [0.5, 0.6) is 0 Å². The fourth-order valence-corrected chi connectivity index (χ4v) is 1.86. The van der Waals surface area contributed by atoms with E-state index in [0.29, 0.717) is 0 Å². The molecule has 0 radical (unpaired) electrons. The highest BCUT2D eigenvalue weighted by Gasteiger charge is 2.14. The number of carboxylic acids is 1. The second-order valence-corrected chi connectivity index (χ2v) is 5.20. The first-order valence-electron chi connectivity index (χ1n) is 5.03. The lowest BCUT2D eigenvalue weighted by Gasteiger charge is -2.10. The van der Waals surface area contributed by atoms with E-state index in [1.54, 1.807) is 6.92 Å². The van der Waals surface area contributed by atoms with Crippen LogP contribution in [0.25, 0.3) is 0 Å². The molecule has 0 aliphatic rings. The van der Waals surface area contributed by atoms with E-state index in [4.69, 9.17) is 5.11 Å². The first kappa shape index (κ1) is 15.7. The smallest absolute Gasteiger partial charge is 0.325 e. The Hall–Kier alpha value is -1.35. The number of carboxylic acid groups (broad SMARTS) is 1. The largest absolute Gasteiger partial charge is 0.480 e. The Morgan fingerprint density at radius 1 is 1.35 bits per heavy atom. The predicted octanol–water partition coefficient (Wildman–Crippen LogP) is -1.30. The van der Waals surface area contributed by atoms with Crippen LogP contribution in [0.1, 0.15) is 13.8 Å². The van der Waals surface area contributed by atoms with Crippen molar-refractivity contribution in [3.05, 3.63) is 0 Å². The molecule has 0 aromatic rings. The van der Waals surface area contributed by atoms with E-state index in [2.05, 4.69) is 15.4 Å². The molecule has 0 spiro atoms. The summed E-state index contributed by atoms with van der Waals surface area (Å²) in [4.78, 5) is 21.5. The van der Waals surface area contributed by atoms with Crippen LogP contribution in [0.4, 0.5) is 4.79 Å². The van der Waals surface area contributed by atoms with E-state index in [-0.39, 0.29) is 18.8 Å². The third kappa shape index (κ3) is 7.53. The second-order valence-electron chi connectivity index (χ2n) is 3.28. The van der Waals surface area contributed by atoms with Crippen molar-refractivity contribution in [1.29, 1.82) is 0 Å². The molecule has 0 saturated carbocycles. The molecule has 0 fully saturated rings. The van der Waals surface area contributed by atoms with Gasteiger partial charge in [-0.3, -0.25) is 4.79 Å². The number of carbonyl (C=O) groups is 2. The molecule has 1 atom stereocenters. The predicted molar refractivity (Wildman–Crippen MR) is 61.1 cm³/mol. The Bertz CT molecular complexity index is 367. The maximum absolute atomic E-state index is 11.2. The zero-order valence-electron chi connectivity index (χ0n) is 9.69. The maximum atomic E-state index is 11.2. The van der Waals surface area contributed by atoms with Gasteiger partial charge in [0.15, 0.2) is 0 Å². The fraction of sp³-hybridized carbons (Fsp3) is 0.750. The summed E-state index contributed by atoms with van der Waals surface area (Å²) in [5.74, 6) is -1.42. The number of hydrogen-bond acceptors (Lipinski definition) is 4. The minimum absolute atomic E-state index is 0.0898. The Morgan fingerprint density at radius 3 is 2.41 bits per heavy atom. The van der Waals surface area contributed by atoms with Gasteiger partial charge in [0.05, 0.1) is 5.75 Å². The number of sulfonamides is 1. The minimum atomic E-state index is -3.38. The number of urea groups is 1. The van der Waals surface area contributed by atoms with E-state index in [1.165, 1.54) is 6.92 Å². The van der Waals surface area contributed by atoms with Gasteiger partial charge < -0.3 is 15.7 Å². The standard InChI is InChI=1S/C8H17N3O5S/c1-3-10-17(15,16)5-4-9-8(14)11-6(2)7(12)13/h6,10H,3-5H2,1-2H3,(H,12,13)(H2,9,11,14)/t6-/m1/s1. The van der Waals surface area contributed by atoms with Crippen LogP contribution in [0.2, 0.25) is 0 Å². The van der Waals surface area contributed by atoms with Crippen molar-refractivity contribution >= 4 is 22.0 Å². The highest BCUT2D eigenvalue weighted by molar-refractivity contribution is 7.89. The van der Waals surface area contributed by atoms with Crippen molar-refractivity contribution in [2.75, 3.05) is 18.8 Å². The van der Waals surface area contributed by atoms with Crippen molar-refractivity contribution in [3.8, 4) is 0 Å². The summed E-state index contributed by atoms with van der Waals surface area (Å²) in [6.45, 7) is 3.14. The summed E-state index contributed by atoms with van der Waals surface area (Å²) in [7, 11) is -3.38. The van der Waals surface area contributed by atoms with Gasteiger partial charge in [-0.2, -0.15) is 0 Å². The van der Waals surface area contributed by atoms with Crippen LogP contribution in [-0.2, 0) is 14.8 Å². The summed E-state index contributed by atoms with van der Waals surface area (Å²) >= 11 is 0. The molecule has 0 aliphatic heterocycles. The summed E-state index contributed by atoms with van der Waals surface area (Å²) in [6, 6.07) is -1.74. The molecule has 0 saturated heterocycles. The lowest BCUT2D eigenvalue weighted by molar-refractivity contribution is -0.138. The van der Waals surface area contributed by atoms with Crippen LogP contribution in [0.15, 0.2) is 0 Å². The fourth-order valence-electron chi connectivity index (χ4n) is 0.900. The van der Waals surface area contributed by atoms with Gasteiger partial charge in [-0.25, -0.2) is 17.9 Å². The topological polar surface area (TPSA) is 125 Å². The molecule has 8 nitrogen and oxygen atoms in total. The SMILES string of the molecule is CCNS(=O)(=O)CCNC(=O)N[C@H](C)C(=O)O. The van der Waals surface area contributed by atoms with Crippen LogP contribution in [-0.4, -0.2) is 50.4 Å². The number of hydrogen-bond donors (Lipinski definition) is 4. The average Bonchev–Trinajstić information content (AvgIpc) is 2.16. The van der Waals surface area contributed by atoms with Gasteiger partial charge in [-0.15, -0.1) is 0 Å². The molecule has 0 unspecified atom stereocenters. The number of nitrogens with one attached hydrogen (secondary N) is 3. The number of rotatable bonds is 7. The van der Waals surface area contributed by atoms with Crippen LogP contribution >= 0.6 is 0 Å². The van der Waals surface area contributed by atoms with E-state index in [1.807, 2.05) is 0 Å².